The monoisotopic (exact) mass is 401 g/mol. The summed E-state index contributed by atoms with van der Waals surface area (Å²) in [7, 11) is -4.02. The lowest BCUT2D eigenvalue weighted by atomic mass is 9.88. The van der Waals surface area contributed by atoms with Crippen molar-refractivity contribution in [2.75, 3.05) is 0 Å². The van der Waals surface area contributed by atoms with Gasteiger partial charge in [0.15, 0.2) is 5.78 Å². The first-order valence-corrected chi connectivity index (χ1v) is 9.52. The fourth-order valence-corrected chi connectivity index (χ4v) is 4.14. The van der Waals surface area contributed by atoms with Crippen molar-refractivity contribution >= 4 is 56.3 Å². The maximum absolute atomic E-state index is 12.5. The molecule has 2 aromatic rings. The average Bonchev–Trinajstić information content (AvgIpc) is 2.57. The van der Waals surface area contributed by atoms with Crippen molar-refractivity contribution < 1.29 is 13.2 Å². The van der Waals surface area contributed by atoms with Crippen LogP contribution in [0.4, 0.5) is 0 Å². The zero-order valence-corrected chi connectivity index (χ0v) is 15.1. The van der Waals surface area contributed by atoms with Crippen LogP contribution < -0.4 is 0 Å². The van der Waals surface area contributed by atoms with Crippen LogP contribution >= 0.6 is 34.8 Å². The Morgan fingerprint density at radius 3 is 2.08 bits per heavy atom. The number of hydrogen-bond acceptors (Lipinski definition) is 3. The number of hydrogen-bond donors (Lipinski definition) is 0. The number of ketones is 1. The van der Waals surface area contributed by atoms with Gasteiger partial charge in [-0.15, -0.1) is 23.2 Å². The van der Waals surface area contributed by atoms with Crippen LogP contribution in [0.15, 0.2) is 57.8 Å². The van der Waals surface area contributed by atoms with Gasteiger partial charge in [0.2, 0.25) is 0 Å². The lowest BCUT2D eigenvalue weighted by molar-refractivity contribution is 0.0987. The van der Waals surface area contributed by atoms with Crippen molar-refractivity contribution in [2.45, 2.75) is 15.6 Å². The third-order valence-electron chi connectivity index (χ3n) is 3.57. The maximum Gasteiger partial charge on any atom is 0.282 e. The molecule has 0 spiro atoms. The smallest absolute Gasteiger partial charge is 0.282 e. The Bertz CT molecular complexity index is 939. The van der Waals surface area contributed by atoms with Gasteiger partial charge in [0.05, 0.1) is 10.6 Å². The molecule has 0 saturated heterocycles. The molecule has 0 N–H and O–H groups in total. The highest BCUT2D eigenvalue weighted by Crippen LogP contribution is 2.30. The molecule has 4 nitrogen and oxygen atoms in total. The molecule has 1 aliphatic carbocycles. The number of rotatable bonds is 2. The third kappa shape index (κ3) is 3.09. The molecule has 0 aliphatic heterocycles. The van der Waals surface area contributed by atoms with E-state index in [1.807, 2.05) is 0 Å². The molecule has 0 heterocycles. The molecule has 1 aliphatic rings. The summed E-state index contributed by atoms with van der Waals surface area (Å²) in [6.45, 7) is 0. The molecule has 0 radical (unpaired) electrons. The van der Waals surface area contributed by atoms with E-state index in [0.29, 0.717) is 16.1 Å². The largest absolute Gasteiger partial charge is 0.292 e. The van der Waals surface area contributed by atoms with E-state index in [2.05, 4.69) is 4.40 Å². The Morgan fingerprint density at radius 1 is 0.875 bits per heavy atom. The van der Waals surface area contributed by atoms with E-state index in [1.165, 1.54) is 24.3 Å². The number of benzene rings is 2. The molecule has 124 valence electrons. The first kappa shape index (κ1) is 17.4. The number of Topliss-reactive ketones (excluding diaryl/α,β-unsaturated/α-hetero) is 1. The number of carbonyl (C=O) groups is 1. The highest BCUT2D eigenvalue weighted by atomic mass is 35.5. The second-order valence-electron chi connectivity index (χ2n) is 5.12. The van der Waals surface area contributed by atoms with E-state index >= 15 is 0 Å². The highest BCUT2D eigenvalue weighted by molar-refractivity contribution is 7.90. The van der Waals surface area contributed by atoms with Crippen molar-refractivity contribution in [2.24, 2.45) is 4.40 Å². The molecule has 0 saturated carbocycles. The molecule has 8 heteroatoms. The summed E-state index contributed by atoms with van der Waals surface area (Å²) in [5.74, 6) is -0.352. The van der Waals surface area contributed by atoms with Crippen LogP contribution in [0.25, 0.3) is 0 Å². The van der Waals surface area contributed by atoms with Gasteiger partial charge in [0.1, 0.15) is 10.8 Å². The number of fused-ring (bicyclic) bond motifs is 1. The zero-order chi connectivity index (χ0) is 17.5. The van der Waals surface area contributed by atoms with Crippen molar-refractivity contribution in [1.29, 1.82) is 0 Å². The summed E-state index contributed by atoms with van der Waals surface area (Å²) in [6, 6.07) is 12.1. The Labute approximate surface area is 154 Å². The summed E-state index contributed by atoms with van der Waals surface area (Å²) >= 11 is 18.0. The first-order chi connectivity index (χ1) is 11.3. The fourth-order valence-electron chi connectivity index (χ4n) is 2.38. The van der Waals surface area contributed by atoms with Crippen LogP contribution in [-0.2, 0) is 10.0 Å². The molecule has 0 aromatic heterocycles. The molecule has 3 rings (SSSR count). The van der Waals surface area contributed by atoms with Crippen molar-refractivity contribution in [3.63, 3.8) is 0 Å². The number of carbonyl (C=O) groups excluding carboxylic acids is 1. The topological polar surface area (TPSA) is 63.6 Å². The van der Waals surface area contributed by atoms with E-state index in [9.17, 15) is 13.2 Å². The second kappa shape index (κ2) is 6.48. The summed E-state index contributed by atoms with van der Waals surface area (Å²) in [5.41, 5.74) is 0.734. The van der Waals surface area contributed by atoms with Gasteiger partial charge in [-0.25, -0.2) is 0 Å². The zero-order valence-electron chi connectivity index (χ0n) is 12.0. The lowest BCUT2D eigenvalue weighted by Crippen LogP contribution is -2.39. The predicted molar refractivity (Wildman–Crippen MR) is 95.2 cm³/mol. The summed E-state index contributed by atoms with van der Waals surface area (Å²) in [5, 5.41) is -1.72. The molecular formula is C16H10Cl3NO3S. The van der Waals surface area contributed by atoms with E-state index in [-0.39, 0.29) is 16.4 Å². The Morgan fingerprint density at radius 2 is 1.46 bits per heavy atom. The molecule has 2 unspecified atom stereocenters. The fraction of sp³-hybridized carbons (Fsp3) is 0.125. The van der Waals surface area contributed by atoms with Crippen LogP contribution in [0, 0.1) is 0 Å². The normalized spacial score (nSPS) is 22.5. The Kier molecular flexibility index (Phi) is 4.71. The van der Waals surface area contributed by atoms with Gasteiger partial charge in [-0.05, 0) is 24.3 Å². The molecular weight excluding hydrogens is 393 g/mol. The second-order valence-corrected chi connectivity index (χ2v) is 8.10. The predicted octanol–water partition coefficient (Wildman–Crippen LogP) is 3.93. The SMILES string of the molecule is O=C1c2ccccc2C(=NS(=O)(=O)c2ccc(Cl)cc2)C(Cl)C1Cl. The van der Waals surface area contributed by atoms with Gasteiger partial charge in [-0.1, -0.05) is 35.9 Å². The summed E-state index contributed by atoms with van der Waals surface area (Å²) in [6.07, 6.45) is 0. The molecule has 2 aromatic carbocycles. The van der Waals surface area contributed by atoms with E-state index < -0.39 is 20.8 Å². The highest BCUT2D eigenvalue weighted by Gasteiger charge is 2.38. The van der Waals surface area contributed by atoms with Gasteiger partial charge < -0.3 is 0 Å². The van der Waals surface area contributed by atoms with Gasteiger partial charge in [-0.3, -0.25) is 4.79 Å². The van der Waals surface area contributed by atoms with Crippen molar-refractivity contribution in [1.82, 2.24) is 0 Å². The Hall–Kier alpha value is -1.40. The molecule has 0 amide bonds. The standard InChI is InChI=1S/C16H10Cl3NO3S/c17-9-5-7-10(8-6-9)24(22,23)20-15-11-3-1-2-4-12(11)16(21)14(19)13(15)18/h1-8,13-14H. The minimum Gasteiger partial charge on any atom is -0.292 e. The van der Waals surface area contributed by atoms with Crippen LogP contribution in [0.3, 0.4) is 0 Å². The Balaban J connectivity index is 2.16. The van der Waals surface area contributed by atoms with Gasteiger partial charge in [-0.2, -0.15) is 12.8 Å². The van der Waals surface area contributed by atoms with Gasteiger partial charge in [0.25, 0.3) is 10.0 Å². The lowest BCUT2D eigenvalue weighted by Gasteiger charge is -2.25. The molecule has 0 fully saturated rings. The number of nitrogens with zero attached hydrogens (tertiary/aromatic N) is 1. The number of alkyl halides is 2. The van der Waals surface area contributed by atoms with E-state index in [1.54, 1.807) is 24.3 Å². The van der Waals surface area contributed by atoms with E-state index in [0.717, 1.165) is 0 Å². The molecule has 24 heavy (non-hydrogen) atoms. The van der Waals surface area contributed by atoms with Crippen LogP contribution in [0.1, 0.15) is 15.9 Å². The van der Waals surface area contributed by atoms with Crippen LogP contribution in [0.5, 0.6) is 0 Å². The van der Waals surface area contributed by atoms with Crippen LogP contribution in [-0.4, -0.2) is 30.7 Å². The third-order valence-corrected chi connectivity index (χ3v) is 6.16. The first-order valence-electron chi connectivity index (χ1n) is 6.83. The minimum atomic E-state index is -4.02. The summed E-state index contributed by atoms with van der Waals surface area (Å²) in [4.78, 5) is 12.2. The quantitative estimate of drug-likeness (QED) is 0.715. The van der Waals surface area contributed by atoms with Gasteiger partial charge >= 0.3 is 0 Å². The summed E-state index contributed by atoms with van der Waals surface area (Å²) < 4.78 is 28.9. The number of sulfonamides is 1. The molecule has 2 atom stereocenters. The van der Waals surface area contributed by atoms with Crippen molar-refractivity contribution in [3.8, 4) is 0 Å². The van der Waals surface area contributed by atoms with Crippen molar-refractivity contribution in [3.05, 3.63) is 64.7 Å². The van der Waals surface area contributed by atoms with Gasteiger partial charge in [0, 0.05) is 16.1 Å². The minimum absolute atomic E-state index is 0.0243. The van der Waals surface area contributed by atoms with Crippen LogP contribution in [0.2, 0.25) is 5.02 Å². The van der Waals surface area contributed by atoms with E-state index in [4.69, 9.17) is 34.8 Å². The molecule has 0 bridgehead atoms. The average molecular weight is 403 g/mol. The maximum atomic E-state index is 12.5. The number of halogens is 3.